The van der Waals surface area contributed by atoms with Crippen LogP contribution in [0.1, 0.15) is 50.8 Å². The number of rotatable bonds is 8. The molecule has 0 saturated heterocycles. The standard InChI is InChI=1S/C31H36N4O6/c1-20(32)26(36)34-24-13-9-17-33-27(24)40-25-14-8-12-22-15-16-31(18-23(22)25,35-29(38)41-30(2,3)4)28(37)39-19-21-10-6-5-7-11-21/h5-14,17,20H,15-16,18-19,32H2,1-4H3,(H,34,36)(H,35,38)/t20-,31+/m0/s1. The van der Waals surface area contributed by atoms with Crippen molar-refractivity contribution in [3.8, 4) is 11.6 Å². The Bertz CT molecular complexity index is 1400. The highest BCUT2D eigenvalue weighted by Crippen LogP contribution is 2.38. The van der Waals surface area contributed by atoms with E-state index in [1.807, 2.05) is 42.5 Å². The normalized spacial score (nSPS) is 17.0. The molecule has 1 aliphatic carbocycles. The van der Waals surface area contributed by atoms with Crippen LogP contribution < -0.4 is 21.1 Å². The van der Waals surface area contributed by atoms with Gasteiger partial charge in [-0.05, 0) is 69.9 Å². The van der Waals surface area contributed by atoms with Gasteiger partial charge in [0.2, 0.25) is 11.8 Å². The largest absolute Gasteiger partial charge is 0.459 e. The van der Waals surface area contributed by atoms with Crippen molar-refractivity contribution in [1.29, 1.82) is 0 Å². The van der Waals surface area contributed by atoms with Crippen LogP contribution in [0.15, 0.2) is 66.9 Å². The average Bonchev–Trinajstić information content (AvgIpc) is 2.92. The van der Waals surface area contributed by atoms with Gasteiger partial charge in [0.15, 0.2) is 0 Å². The number of benzene rings is 2. The van der Waals surface area contributed by atoms with Crippen LogP contribution in [0.25, 0.3) is 0 Å². The van der Waals surface area contributed by atoms with Crippen LogP contribution in [0.5, 0.6) is 11.6 Å². The average molecular weight is 561 g/mol. The molecule has 0 bridgehead atoms. The number of pyridine rings is 1. The fourth-order valence-corrected chi connectivity index (χ4v) is 4.49. The quantitative estimate of drug-likeness (QED) is 0.338. The first-order chi connectivity index (χ1) is 19.5. The third-order valence-electron chi connectivity index (χ3n) is 6.52. The number of alkyl carbamates (subject to hydrolysis) is 1. The summed E-state index contributed by atoms with van der Waals surface area (Å²) in [5.41, 5.74) is 6.39. The molecule has 0 spiro atoms. The monoisotopic (exact) mass is 560 g/mol. The number of hydrogen-bond acceptors (Lipinski definition) is 8. The number of aromatic nitrogens is 1. The fraction of sp³-hybridized carbons (Fsp3) is 0.355. The van der Waals surface area contributed by atoms with E-state index in [0.29, 0.717) is 29.8 Å². The highest BCUT2D eigenvalue weighted by molar-refractivity contribution is 5.95. The Hall–Kier alpha value is -4.44. The zero-order valence-corrected chi connectivity index (χ0v) is 23.7. The molecule has 41 heavy (non-hydrogen) atoms. The molecule has 0 radical (unpaired) electrons. The smallest absolute Gasteiger partial charge is 0.408 e. The van der Waals surface area contributed by atoms with Crippen molar-refractivity contribution in [2.24, 2.45) is 5.73 Å². The van der Waals surface area contributed by atoms with E-state index in [1.54, 1.807) is 52.1 Å². The maximum atomic E-state index is 13.7. The molecule has 3 aromatic rings. The van der Waals surface area contributed by atoms with Gasteiger partial charge < -0.3 is 30.6 Å². The summed E-state index contributed by atoms with van der Waals surface area (Å²) < 4.78 is 17.5. The summed E-state index contributed by atoms with van der Waals surface area (Å²) in [4.78, 5) is 43.2. The predicted molar refractivity (Wildman–Crippen MR) is 153 cm³/mol. The van der Waals surface area contributed by atoms with Gasteiger partial charge in [-0.15, -0.1) is 0 Å². The lowest BCUT2D eigenvalue weighted by Crippen LogP contribution is -2.59. The van der Waals surface area contributed by atoms with Crippen LogP contribution in [-0.4, -0.2) is 40.1 Å². The number of amides is 2. The minimum absolute atomic E-state index is 0.0545. The lowest BCUT2D eigenvalue weighted by molar-refractivity contribution is -0.153. The van der Waals surface area contributed by atoms with E-state index in [0.717, 1.165) is 11.1 Å². The molecule has 1 aromatic heterocycles. The second-order valence-corrected chi connectivity index (χ2v) is 11.1. The molecule has 2 atom stereocenters. The van der Waals surface area contributed by atoms with Crippen molar-refractivity contribution in [3.63, 3.8) is 0 Å². The van der Waals surface area contributed by atoms with Crippen molar-refractivity contribution in [1.82, 2.24) is 10.3 Å². The van der Waals surface area contributed by atoms with E-state index in [4.69, 9.17) is 19.9 Å². The Labute approximate surface area is 239 Å². The summed E-state index contributed by atoms with van der Waals surface area (Å²) in [6, 6.07) is 17.5. The summed E-state index contributed by atoms with van der Waals surface area (Å²) in [6.45, 7) is 6.89. The number of nitrogens with one attached hydrogen (secondary N) is 2. The summed E-state index contributed by atoms with van der Waals surface area (Å²) in [5, 5.41) is 5.55. The Morgan fingerprint density at radius 1 is 1.05 bits per heavy atom. The molecular weight excluding hydrogens is 524 g/mol. The van der Waals surface area contributed by atoms with Crippen molar-refractivity contribution in [2.45, 2.75) is 70.7 Å². The van der Waals surface area contributed by atoms with Gasteiger partial charge in [-0.1, -0.05) is 42.5 Å². The van der Waals surface area contributed by atoms with Gasteiger partial charge in [0.25, 0.3) is 0 Å². The molecule has 0 aliphatic heterocycles. The third-order valence-corrected chi connectivity index (χ3v) is 6.52. The van der Waals surface area contributed by atoms with E-state index < -0.39 is 29.2 Å². The van der Waals surface area contributed by atoms with E-state index in [2.05, 4.69) is 15.6 Å². The molecule has 4 rings (SSSR count). The molecule has 4 N–H and O–H groups in total. The second-order valence-electron chi connectivity index (χ2n) is 11.1. The highest BCUT2D eigenvalue weighted by atomic mass is 16.6. The first kappa shape index (κ1) is 29.5. The van der Waals surface area contributed by atoms with Crippen molar-refractivity contribution in [3.05, 3.63) is 83.6 Å². The maximum Gasteiger partial charge on any atom is 0.408 e. The predicted octanol–water partition coefficient (Wildman–Crippen LogP) is 4.66. The summed E-state index contributed by atoms with van der Waals surface area (Å²) in [5.74, 6) is -0.365. The van der Waals surface area contributed by atoms with Crippen molar-refractivity contribution < 1.29 is 28.6 Å². The topological polar surface area (TPSA) is 142 Å². The number of anilines is 1. The zero-order valence-electron chi connectivity index (χ0n) is 23.7. The number of nitrogens with two attached hydrogens (primary N) is 1. The van der Waals surface area contributed by atoms with Gasteiger partial charge in [-0.3, -0.25) is 4.79 Å². The zero-order chi connectivity index (χ0) is 29.6. The minimum Gasteiger partial charge on any atom is -0.459 e. The van der Waals surface area contributed by atoms with Gasteiger partial charge in [0, 0.05) is 18.2 Å². The van der Waals surface area contributed by atoms with Crippen LogP contribution >= 0.6 is 0 Å². The fourth-order valence-electron chi connectivity index (χ4n) is 4.49. The molecule has 2 amide bonds. The number of fused-ring (bicyclic) bond motifs is 1. The van der Waals surface area contributed by atoms with E-state index >= 15 is 0 Å². The Morgan fingerprint density at radius 2 is 1.80 bits per heavy atom. The molecule has 0 unspecified atom stereocenters. The number of carbonyl (C=O) groups excluding carboxylic acids is 3. The molecular formula is C31H36N4O6. The third kappa shape index (κ3) is 7.61. The van der Waals surface area contributed by atoms with Gasteiger partial charge in [-0.25, -0.2) is 14.6 Å². The van der Waals surface area contributed by atoms with Crippen LogP contribution in [0, 0.1) is 0 Å². The number of ether oxygens (including phenoxy) is 3. The van der Waals surface area contributed by atoms with Gasteiger partial charge >= 0.3 is 12.1 Å². The Balaban J connectivity index is 1.65. The number of hydrogen-bond donors (Lipinski definition) is 3. The summed E-state index contributed by atoms with van der Waals surface area (Å²) in [6.07, 6.45) is 1.69. The molecule has 2 aromatic carbocycles. The number of esters is 1. The van der Waals surface area contributed by atoms with E-state index in [-0.39, 0.29) is 24.8 Å². The second kappa shape index (κ2) is 12.4. The molecule has 216 valence electrons. The number of carbonyl (C=O) groups is 3. The van der Waals surface area contributed by atoms with Crippen molar-refractivity contribution in [2.75, 3.05) is 5.32 Å². The maximum absolute atomic E-state index is 13.7. The summed E-state index contributed by atoms with van der Waals surface area (Å²) >= 11 is 0. The molecule has 1 heterocycles. The molecule has 0 saturated carbocycles. The lowest BCUT2D eigenvalue weighted by Gasteiger charge is -2.37. The van der Waals surface area contributed by atoms with Gasteiger partial charge in [0.05, 0.1) is 6.04 Å². The first-order valence-corrected chi connectivity index (χ1v) is 13.5. The first-order valence-electron chi connectivity index (χ1n) is 13.5. The molecule has 10 nitrogen and oxygen atoms in total. The van der Waals surface area contributed by atoms with E-state index in [1.165, 1.54) is 0 Å². The minimum atomic E-state index is -1.40. The molecule has 0 fully saturated rings. The Kier molecular flexibility index (Phi) is 8.92. The van der Waals surface area contributed by atoms with Crippen LogP contribution in [0.4, 0.5) is 10.5 Å². The van der Waals surface area contributed by atoms with Crippen molar-refractivity contribution >= 4 is 23.7 Å². The van der Waals surface area contributed by atoms with Crippen LogP contribution in [-0.2, 0) is 38.5 Å². The van der Waals surface area contributed by atoms with Crippen LogP contribution in [0.3, 0.4) is 0 Å². The SMILES string of the molecule is C[C@H](N)C(=O)Nc1cccnc1Oc1cccc2c1C[C@@](NC(=O)OC(C)(C)C)(C(=O)OCc1ccccc1)CC2. The molecule has 10 heteroatoms. The number of nitrogens with zero attached hydrogens (tertiary/aromatic N) is 1. The van der Waals surface area contributed by atoms with Crippen LogP contribution in [0.2, 0.25) is 0 Å². The lowest BCUT2D eigenvalue weighted by atomic mass is 9.77. The summed E-state index contributed by atoms with van der Waals surface area (Å²) in [7, 11) is 0. The van der Waals surface area contributed by atoms with Gasteiger partial charge in [-0.2, -0.15) is 0 Å². The number of aryl methyl sites for hydroxylation is 1. The molecule has 1 aliphatic rings. The highest BCUT2D eigenvalue weighted by Gasteiger charge is 2.46. The Morgan fingerprint density at radius 3 is 2.51 bits per heavy atom. The van der Waals surface area contributed by atoms with Gasteiger partial charge in [0.1, 0.15) is 29.2 Å². The van der Waals surface area contributed by atoms with E-state index in [9.17, 15) is 14.4 Å².